The average Bonchev–Trinajstić information content (AvgIpc) is 2.21. The summed E-state index contributed by atoms with van der Waals surface area (Å²) in [5.41, 5.74) is 5.41. The maximum Gasteiger partial charge on any atom is -0.00484 e. The molecule has 0 fully saturated rings. The Hall–Kier alpha value is -0.0800. The first kappa shape index (κ1) is 13.9. The Morgan fingerprint density at radius 3 is 2.00 bits per heavy atom. The second-order valence-corrected chi connectivity index (χ2v) is 4.01. The summed E-state index contributed by atoms with van der Waals surface area (Å²) in [4.78, 5) is 0. The fourth-order valence-electron chi connectivity index (χ4n) is 1.55. The molecule has 0 spiro atoms. The molecule has 14 heavy (non-hydrogen) atoms. The highest BCUT2D eigenvalue weighted by Crippen LogP contribution is 2.03. The molecule has 0 aliphatic heterocycles. The van der Waals surface area contributed by atoms with Gasteiger partial charge in [0.2, 0.25) is 0 Å². The monoisotopic (exact) mass is 200 g/mol. The summed E-state index contributed by atoms with van der Waals surface area (Å²) in [7, 11) is 0. The fourth-order valence-corrected chi connectivity index (χ4v) is 1.55. The van der Waals surface area contributed by atoms with Gasteiger partial charge in [0, 0.05) is 0 Å². The Morgan fingerprint density at radius 2 is 1.36 bits per heavy atom. The van der Waals surface area contributed by atoms with E-state index in [0.717, 1.165) is 19.5 Å². The summed E-state index contributed by atoms with van der Waals surface area (Å²) < 4.78 is 0. The van der Waals surface area contributed by atoms with E-state index in [1.165, 1.54) is 51.5 Å². The predicted octanol–water partition coefficient (Wildman–Crippen LogP) is 2.68. The average molecular weight is 200 g/mol. The van der Waals surface area contributed by atoms with E-state index in [2.05, 4.69) is 12.2 Å². The molecular formula is C12H28N2. The molecule has 0 bridgehead atoms. The summed E-state index contributed by atoms with van der Waals surface area (Å²) in [6.07, 6.45) is 10.7. The van der Waals surface area contributed by atoms with E-state index in [9.17, 15) is 0 Å². The first-order chi connectivity index (χ1) is 6.91. The predicted molar refractivity (Wildman–Crippen MR) is 64.5 cm³/mol. The number of unbranched alkanes of at least 4 members (excludes halogenated alkanes) is 6. The zero-order valence-electron chi connectivity index (χ0n) is 9.86. The van der Waals surface area contributed by atoms with E-state index in [1.807, 2.05) is 0 Å². The third-order valence-electron chi connectivity index (χ3n) is 2.51. The lowest BCUT2D eigenvalue weighted by atomic mass is 10.1. The van der Waals surface area contributed by atoms with Crippen molar-refractivity contribution in [2.45, 2.75) is 58.3 Å². The summed E-state index contributed by atoms with van der Waals surface area (Å²) in [5.74, 6) is 0. The minimum absolute atomic E-state index is 0.832. The highest BCUT2D eigenvalue weighted by Gasteiger charge is 1.90. The minimum Gasteiger partial charge on any atom is -0.330 e. The van der Waals surface area contributed by atoms with Crippen LogP contribution in [-0.4, -0.2) is 19.6 Å². The van der Waals surface area contributed by atoms with Gasteiger partial charge in [-0.15, -0.1) is 0 Å². The molecular weight excluding hydrogens is 172 g/mol. The van der Waals surface area contributed by atoms with Crippen molar-refractivity contribution in [3.63, 3.8) is 0 Å². The van der Waals surface area contributed by atoms with Gasteiger partial charge in [-0.1, -0.05) is 39.0 Å². The molecule has 0 aliphatic carbocycles. The zero-order chi connectivity index (χ0) is 10.5. The fraction of sp³-hybridized carbons (Fsp3) is 1.00. The summed E-state index contributed by atoms with van der Waals surface area (Å²) in [6.45, 7) is 5.43. The molecule has 0 saturated heterocycles. The lowest BCUT2D eigenvalue weighted by molar-refractivity contribution is 0.560. The highest BCUT2D eigenvalue weighted by atomic mass is 14.8. The molecule has 0 heterocycles. The van der Waals surface area contributed by atoms with E-state index < -0.39 is 0 Å². The molecule has 86 valence electrons. The quantitative estimate of drug-likeness (QED) is 0.503. The third kappa shape index (κ3) is 11.9. The lowest BCUT2D eigenvalue weighted by Crippen LogP contribution is -2.17. The number of nitrogens with one attached hydrogen (secondary N) is 1. The van der Waals surface area contributed by atoms with Gasteiger partial charge in [0.25, 0.3) is 0 Å². The Bertz CT molecular complexity index is 82.3. The van der Waals surface area contributed by atoms with Gasteiger partial charge < -0.3 is 11.1 Å². The second-order valence-electron chi connectivity index (χ2n) is 4.01. The maximum atomic E-state index is 5.41. The SMILES string of the molecule is CCCCCCCCNCCCCN. The summed E-state index contributed by atoms with van der Waals surface area (Å²) >= 11 is 0. The van der Waals surface area contributed by atoms with Crippen LogP contribution in [0.5, 0.6) is 0 Å². The van der Waals surface area contributed by atoms with Gasteiger partial charge in [-0.2, -0.15) is 0 Å². The maximum absolute atomic E-state index is 5.41. The van der Waals surface area contributed by atoms with Crippen LogP contribution in [-0.2, 0) is 0 Å². The van der Waals surface area contributed by atoms with E-state index in [0.29, 0.717) is 0 Å². The van der Waals surface area contributed by atoms with Gasteiger partial charge in [-0.25, -0.2) is 0 Å². The van der Waals surface area contributed by atoms with Crippen LogP contribution in [0.25, 0.3) is 0 Å². The van der Waals surface area contributed by atoms with Crippen LogP contribution >= 0.6 is 0 Å². The Labute approximate surface area is 89.6 Å². The largest absolute Gasteiger partial charge is 0.330 e. The minimum atomic E-state index is 0.832. The second kappa shape index (κ2) is 12.9. The van der Waals surface area contributed by atoms with Gasteiger partial charge >= 0.3 is 0 Å². The molecule has 0 unspecified atom stereocenters. The van der Waals surface area contributed by atoms with Crippen molar-refractivity contribution in [3.8, 4) is 0 Å². The van der Waals surface area contributed by atoms with Gasteiger partial charge in [0.1, 0.15) is 0 Å². The Kier molecular flexibility index (Phi) is 12.8. The van der Waals surface area contributed by atoms with Crippen molar-refractivity contribution in [2.75, 3.05) is 19.6 Å². The van der Waals surface area contributed by atoms with Crippen molar-refractivity contribution >= 4 is 0 Å². The van der Waals surface area contributed by atoms with Crippen molar-refractivity contribution < 1.29 is 0 Å². The van der Waals surface area contributed by atoms with Gasteiger partial charge in [0.15, 0.2) is 0 Å². The standard InChI is InChI=1S/C12H28N2/c1-2-3-4-5-6-8-11-14-12-9-7-10-13/h14H,2-13H2,1H3. The number of hydrogen-bond donors (Lipinski definition) is 2. The molecule has 2 heteroatoms. The van der Waals surface area contributed by atoms with Crippen molar-refractivity contribution in [3.05, 3.63) is 0 Å². The van der Waals surface area contributed by atoms with Crippen LogP contribution < -0.4 is 11.1 Å². The number of rotatable bonds is 11. The molecule has 0 amide bonds. The topological polar surface area (TPSA) is 38.0 Å². The number of nitrogens with two attached hydrogens (primary N) is 1. The van der Waals surface area contributed by atoms with Crippen LogP contribution in [0.1, 0.15) is 58.3 Å². The Morgan fingerprint density at radius 1 is 0.786 bits per heavy atom. The molecule has 0 saturated carbocycles. The van der Waals surface area contributed by atoms with Crippen LogP contribution in [0.4, 0.5) is 0 Å². The highest BCUT2D eigenvalue weighted by molar-refractivity contribution is 4.50. The summed E-state index contributed by atoms with van der Waals surface area (Å²) in [5, 5.41) is 3.46. The number of hydrogen-bond acceptors (Lipinski definition) is 2. The Balaban J connectivity index is 2.78. The zero-order valence-corrected chi connectivity index (χ0v) is 9.86. The van der Waals surface area contributed by atoms with Gasteiger partial charge in [0.05, 0.1) is 0 Å². The molecule has 0 aromatic rings. The van der Waals surface area contributed by atoms with E-state index >= 15 is 0 Å². The van der Waals surface area contributed by atoms with Crippen LogP contribution in [0.15, 0.2) is 0 Å². The van der Waals surface area contributed by atoms with E-state index in [1.54, 1.807) is 0 Å². The van der Waals surface area contributed by atoms with Gasteiger partial charge in [-0.05, 0) is 38.9 Å². The summed E-state index contributed by atoms with van der Waals surface area (Å²) in [6, 6.07) is 0. The molecule has 0 aromatic carbocycles. The van der Waals surface area contributed by atoms with Crippen molar-refractivity contribution in [2.24, 2.45) is 5.73 Å². The molecule has 0 aliphatic rings. The van der Waals surface area contributed by atoms with Crippen molar-refractivity contribution in [1.82, 2.24) is 5.32 Å². The molecule has 0 radical (unpaired) electrons. The van der Waals surface area contributed by atoms with Crippen LogP contribution in [0.2, 0.25) is 0 Å². The van der Waals surface area contributed by atoms with Gasteiger partial charge in [-0.3, -0.25) is 0 Å². The molecule has 3 N–H and O–H groups in total. The normalized spacial score (nSPS) is 10.7. The molecule has 0 atom stereocenters. The van der Waals surface area contributed by atoms with Crippen molar-refractivity contribution in [1.29, 1.82) is 0 Å². The first-order valence-corrected chi connectivity index (χ1v) is 6.32. The molecule has 0 rings (SSSR count). The lowest BCUT2D eigenvalue weighted by Gasteiger charge is -2.03. The molecule has 0 aromatic heterocycles. The van der Waals surface area contributed by atoms with E-state index in [4.69, 9.17) is 5.73 Å². The first-order valence-electron chi connectivity index (χ1n) is 6.32. The smallest absolute Gasteiger partial charge is 0.00484 e. The molecule has 2 nitrogen and oxygen atoms in total. The van der Waals surface area contributed by atoms with Crippen LogP contribution in [0.3, 0.4) is 0 Å². The third-order valence-corrected chi connectivity index (χ3v) is 2.51. The van der Waals surface area contributed by atoms with E-state index in [-0.39, 0.29) is 0 Å². The van der Waals surface area contributed by atoms with Crippen LogP contribution in [0, 0.1) is 0 Å².